The summed E-state index contributed by atoms with van der Waals surface area (Å²) in [6.07, 6.45) is -4.61. The van der Waals surface area contributed by atoms with Crippen molar-refractivity contribution in [2.24, 2.45) is 0 Å². The molecule has 0 aromatic heterocycles. The van der Waals surface area contributed by atoms with Crippen LogP contribution >= 0.6 is 27.5 Å². The van der Waals surface area contributed by atoms with Crippen LogP contribution in [0.5, 0.6) is 0 Å². The predicted octanol–water partition coefficient (Wildman–Crippen LogP) is 6.35. The van der Waals surface area contributed by atoms with Crippen molar-refractivity contribution in [3.63, 3.8) is 0 Å². The van der Waals surface area contributed by atoms with Crippen LogP contribution in [0.25, 0.3) is 0 Å². The van der Waals surface area contributed by atoms with Gasteiger partial charge in [-0.05, 0) is 48.5 Å². The van der Waals surface area contributed by atoms with Gasteiger partial charge in [0.2, 0.25) is 0 Å². The molecule has 0 fully saturated rings. The number of hydrogen-bond donors (Lipinski definition) is 2. The molecule has 0 saturated heterocycles. The molecular formula is C22H12BrClF4N2O2. The van der Waals surface area contributed by atoms with Crippen molar-refractivity contribution in [2.75, 3.05) is 5.32 Å². The lowest BCUT2D eigenvalue weighted by atomic mass is 9.96. The Kier molecular flexibility index (Phi) is 5.72. The summed E-state index contributed by atoms with van der Waals surface area (Å²) in [5, 5.41) is 5.47. The van der Waals surface area contributed by atoms with E-state index in [0.29, 0.717) is 10.0 Å². The van der Waals surface area contributed by atoms with Gasteiger partial charge in [-0.25, -0.2) is 4.39 Å². The number of alkyl halides is 3. The van der Waals surface area contributed by atoms with E-state index < -0.39 is 35.4 Å². The largest absolute Gasteiger partial charge is 0.416 e. The summed E-state index contributed by atoms with van der Waals surface area (Å²) in [7, 11) is 0. The van der Waals surface area contributed by atoms with Crippen LogP contribution in [0.2, 0.25) is 5.02 Å². The van der Waals surface area contributed by atoms with E-state index in [2.05, 4.69) is 26.6 Å². The third-order valence-corrected chi connectivity index (χ3v) is 5.72. The van der Waals surface area contributed by atoms with Crippen LogP contribution in [-0.2, 0) is 6.18 Å². The van der Waals surface area contributed by atoms with E-state index in [0.717, 1.165) is 18.2 Å². The standard InChI is InChI=1S/C22H12BrClF4N2O2/c23-12-7-15-18(19(30-21(15)32)14-9-13(25)4-5-16(14)24)17(8-12)29-20(31)10-2-1-3-11(6-10)22(26,27)28/h1-9,19H,(H,29,31)(H,30,32). The van der Waals surface area contributed by atoms with Gasteiger partial charge >= 0.3 is 6.18 Å². The van der Waals surface area contributed by atoms with Crippen LogP contribution in [0, 0.1) is 5.82 Å². The molecule has 1 unspecified atom stereocenters. The predicted molar refractivity (Wildman–Crippen MR) is 114 cm³/mol. The van der Waals surface area contributed by atoms with Crippen molar-refractivity contribution < 1.29 is 27.2 Å². The Morgan fingerprint density at radius 3 is 2.56 bits per heavy atom. The molecule has 10 heteroatoms. The second-order valence-electron chi connectivity index (χ2n) is 7.02. The monoisotopic (exact) mass is 526 g/mol. The third-order valence-electron chi connectivity index (χ3n) is 4.92. The molecule has 4 nitrogen and oxygen atoms in total. The lowest BCUT2D eigenvalue weighted by Crippen LogP contribution is -2.21. The van der Waals surface area contributed by atoms with Gasteiger partial charge in [-0.2, -0.15) is 13.2 Å². The third kappa shape index (κ3) is 4.22. The molecule has 2 amide bonds. The van der Waals surface area contributed by atoms with E-state index in [-0.39, 0.29) is 27.4 Å². The van der Waals surface area contributed by atoms with E-state index in [9.17, 15) is 27.2 Å². The number of benzene rings is 3. The fourth-order valence-corrected chi connectivity index (χ4v) is 4.19. The van der Waals surface area contributed by atoms with E-state index >= 15 is 0 Å². The molecule has 164 valence electrons. The Morgan fingerprint density at radius 2 is 1.84 bits per heavy atom. The summed E-state index contributed by atoms with van der Waals surface area (Å²) in [5.74, 6) is -1.85. The minimum atomic E-state index is -4.61. The zero-order chi connectivity index (χ0) is 23.2. The highest BCUT2D eigenvalue weighted by molar-refractivity contribution is 9.10. The van der Waals surface area contributed by atoms with Gasteiger partial charge in [-0.1, -0.05) is 33.6 Å². The van der Waals surface area contributed by atoms with Crippen LogP contribution in [0.15, 0.2) is 59.1 Å². The fraction of sp³-hybridized carbons (Fsp3) is 0.0909. The van der Waals surface area contributed by atoms with Gasteiger partial charge in [0, 0.05) is 37.4 Å². The molecule has 1 aliphatic heterocycles. The Labute approximate surface area is 192 Å². The van der Waals surface area contributed by atoms with Crippen molar-refractivity contribution in [2.45, 2.75) is 12.2 Å². The zero-order valence-corrected chi connectivity index (χ0v) is 18.2. The van der Waals surface area contributed by atoms with E-state index in [1.54, 1.807) is 0 Å². The molecule has 0 spiro atoms. The van der Waals surface area contributed by atoms with Crippen LogP contribution in [-0.4, -0.2) is 11.8 Å². The molecule has 2 N–H and O–H groups in total. The maximum Gasteiger partial charge on any atom is 0.416 e. The second kappa shape index (κ2) is 8.22. The minimum Gasteiger partial charge on any atom is -0.341 e. The molecule has 32 heavy (non-hydrogen) atoms. The Morgan fingerprint density at radius 1 is 1.09 bits per heavy atom. The molecule has 0 aliphatic carbocycles. The maximum absolute atomic E-state index is 13.9. The van der Waals surface area contributed by atoms with Gasteiger partial charge in [0.25, 0.3) is 11.8 Å². The first-order valence-electron chi connectivity index (χ1n) is 9.12. The van der Waals surface area contributed by atoms with Crippen LogP contribution in [0.4, 0.5) is 23.2 Å². The first-order chi connectivity index (χ1) is 15.0. The highest BCUT2D eigenvalue weighted by Crippen LogP contribution is 2.41. The summed E-state index contributed by atoms with van der Waals surface area (Å²) < 4.78 is 53.4. The van der Waals surface area contributed by atoms with Crippen LogP contribution in [0.3, 0.4) is 0 Å². The smallest absolute Gasteiger partial charge is 0.341 e. The molecule has 3 aromatic rings. The normalized spacial score (nSPS) is 15.3. The topological polar surface area (TPSA) is 58.2 Å². The van der Waals surface area contributed by atoms with Gasteiger partial charge < -0.3 is 10.6 Å². The van der Waals surface area contributed by atoms with Crippen molar-refractivity contribution >= 4 is 45.0 Å². The Hall–Kier alpha value is -2.91. The number of amides is 2. The lowest BCUT2D eigenvalue weighted by Gasteiger charge is -2.18. The van der Waals surface area contributed by atoms with Crippen molar-refractivity contribution in [3.8, 4) is 0 Å². The van der Waals surface area contributed by atoms with Crippen molar-refractivity contribution in [1.29, 1.82) is 0 Å². The molecule has 0 bridgehead atoms. The quantitative estimate of drug-likeness (QED) is 0.390. The highest BCUT2D eigenvalue weighted by atomic mass is 79.9. The van der Waals surface area contributed by atoms with Crippen LogP contribution < -0.4 is 10.6 Å². The van der Waals surface area contributed by atoms with Crippen molar-refractivity contribution in [1.82, 2.24) is 5.32 Å². The fourth-order valence-electron chi connectivity index (χ4n) is 3.50. The van der Waals surface area contributed by atoms with Gasteiger partial charge in [-0.15, -0.1) is 0 Å². The molecular weight excluding hydrogens is 516 g/mol. The molecule has 3 aromatic carbocycles. The maximum atomic E-state index is 13.9. The molecule has 0 saturated carbocycles. The molecule has 1 heterocycles. The van der Waals surface area contributed by atoms with Gasteiger partial charge in [-0.3, -0.25) is 9.59 Å². The Bertz CT molecular complexity index is 1260. The first kappa shape index (κ1) is 22.3. The SMILES string of the molecule is O=C(Nc1cc(Br)cc2c1C(c1cc(F)ccc1Cl)NC2=O)c1cccc(C(F)(F)F)c1. The summed E-state index contributed by atoms with van der Waals surface area (Å²) in [6.45, 7) is 0. The molecule has 4 rings (SSSR count). The van der Waals surface area contributed by atoms with Gasteiger partial charge in [0.1, 0.15) is 5.82 Å². The average Bonchev–Trinajstić information content (AvgIpc) is 3.05. The number of carbonyl (C=O) groups excluding carboxylic acids is 2. The number of halogens is 6. The molecule has 0 radical (unpaired) electrons. The van der Waals surface area contributed by atoms with E-state index in [4.69, 9.17) is 11.6 Å². The lowest BCUT2D eigenvalue weighted by molar-refractivity contribution is -0.137. The zero-order valence-electron chi connectivity index (χ0n) is 15.9. The highest BCUT2D eigenvalue weighted by Gasteiger charge is 2.35. The summed E-state index contributed by atoms with van der Waals surface area (Å²) in [5.41, 5.74) is -0.205. The summed E-state index contributed by atoms with van der Waals surface area (Å²) >= 11 is 9.48. The number of hydrogen-bond acceptors (Lipinski definition) is 2. The number of carbonyl (C=O) groups is 2. The minimum absolute atomic E-state index is 0.167. The van der Waals surface area contributed by atoms with E-state index in [1.165, 1.54) is 36.4 Å². The second-order valence-corrected chi connectivity index (χ2v) is 8.34. The van der Waals surface area contributed by atoms with E-state index in [1.807, 2.05) is 0 Å². The van der Waals surface area contributed by atoms with Gasteiger partial charge in [0.15, 0.2) is 0 Å². The first-order valence-corrected chi connectivity index (χ1v) is 10.3. The average molecular weight is 528 g/mol. The van der Waals surface area contributed by atoms with Gasteiger partial charge in [0.05, 0.1) is 11.6 Å². The van der Waals surface area contributed by atoms with Crippen molar-refractivity contribution in [3.05, 3.63) is 97.7 Å². The summed E-state index contributed by atoms with van der Waals surface area (Å²) in [6, 6.07) is 9.81. The number of anilines is 1. The number of nitrogens with one attached hydrogen (secondary N) is 2. The summed E-state index contributed by atoms with van der Waals surface area (Å²) in [4.78, 5) is 25.3. The molecule has 1 aliphatic rings. The molecule has 1 atom stereocenters. The number of fused-ring (bicyclic) bond motifs is 1. The Balaban J connectivity index is 1.77. The number of rotatable bonds is 3. The van der Waals surface area contributed by atoms with Crippen LogP contribution in [0.1, 0.15) is 43.4 Å².